The molecule has 10 nitrogen and oxygen atoms in total. The lowest BCUT2D eigenvalue weighted by Crippen LogP contribution is -1.98. The highest BCUT2D eigenvalue weighted by Gasteiger charge is 1.98. The predicted octanol–water partition coefficient (Wildman–Crippen LogP) is 4.61. The molecule has 0 aromatic carbocycles. The molecule has 0 N–H and O–H groups in total. The van der Waals surface area contributed by atoms with Gasteiger partial charge in [0.1, 0.15) is 11.5 Å². The molecule has 0 saturated carbocycles. The second kappa shape index (κ2) is 18.3. The molecule has 0 aliphatic carbocycles. The zero-order valence-electron chi connectivity index (χ0n) is 21.9. The van der Waals surface area contributed by atoms with Crippen molar-refractivity contribution in [2.75, 3.05) is 28.4 Å². The Hall–Kier alpha value is -4.99. The van der Waals surface area contributed by atoms with Gasteiger partial charge in [-0.2, -0.15) is 0 Å². The molecule has 0 spiro atoms. The van der Waals surface area contributed by atoms with E-state index in [9.17, 15) is 0 Å². The van der Waals surface area contributed by atoms with E-state index in [0.717, 1.165) is 23.7 Å². The third-order valence-electron chi connectivity index (χ3n) is 4.49. The first-order valence-electron chi connectivity index (χ1n) is 11.5. The number of aromatic nitrogens is 6. The van der Waals surface area contributed by atoms with Gasteiger partial charge in [0.15, 0.2) is 0 Å². The number of hydrogen-bond donors (Lipinski definition) is 0. The van der Waals surface area contributed by atoms with E-state index in [4.69, 9.17) is 18.9 Å². The van der Waals surface area contributed by atoms with Crippen LogP contribution in [-0.4, -0.2) is 57.9 Å². The molecule has 5 rings (SSSR count). The van der Waals surface area contributed by atoms with Gasteiger partial charge in [-0.05, 0) is 42.5 Å². The number of imidazole rings is 1. The fourth-order valence-corrected chi connectivity index (χ4v) is 2.62. The summed E-state index contributed by atoms with van der Waals surface area (Å²) in [5.74, 6) is 2.93. The fraction of sp³-hybridized carbons (Fsp3) is 0.179. The highest BCUT2D eigenvalue weighted by atomic mass is 16.5. The Bertz CT molecular complexity index is 1130. The molecule has 198 valence electrons. The predicted molar refractivity (Wildman–Crippen MR) is 144 cm³/mol. The number of ether oxygens (including phenoxy) is 4. The van der Waals surface area contributed by atoms with Crippen LogP contribution in [0.2, 0.25) is 0 Å². The second-order valence-corrected chi connectivity index (χ2v) is 7.06. The first-order valence-corrected chi connectivity index (χ1v) is 11.5. The Balaban J connectivity index is 0.000000185. The van der Waals surface area contributed by atoms with Crippen molar-refractivity contribution in [2.45, 2.75) is 6.54 Å². The second-order valence-electron chi connectivity index (χ2n) is 7.06. The Morgan fingerprint density at radius 2 is 1.29 bits per heavy atom. The van der Waals surface area contributed by atoms with Gasteiger partial charge in [0.25, 0.3) is 0 Å². The van der Waals surface area contributed by atoms with Gasteiger partial charge in [-0.1, -0.05) is 12.1 Å². The van der Waals surface area contributed by atoms with Gasteiger partial charge in [0, 0.05) is 37.1 Å². The van der Waals surface area contributed by atoms with Crippen molar-refractivity contribution >= 4 is 0 Å². The molecule has 5 aromatic rings. The zero-order valence-corrected chi connectivity index (χ0v) is 21.9. The molecule has 5 heterocycles. The van der Waals surface area contributed by atoms with Crippen molar-refractivity contribution in [1.29, 1.82) is 0 Å². The van der Waals surface area contributed by atoms with Crippen LogP contribution in [-0.2, 0) is 6.54 Å². The van der Waals surface area contributed by atoms with Gasteiger partial charge >= 0.3 is 0 Å². The molecule has 5 aromatic heterocycles. The van der Waals surface area contributed by atoms with Gasteiger partial charge < -0.3 is 23.5 Å². The number of hydrogen-bond acceptors (Lipinski definition) is 9. The summed E-state index contributed by atoms with van der Waals surface area (Å²) in [6.07, 6.45) is 13.8. The highest BCUT2D eigenvalue weighted by molar-refractivity contribution is 5.16. The Labute approximate surface area is 222 Å². The van der Waals surface area contributed by atoms with Crippen molar-refractivity contribution < 1.29 is 18.9 Å². The van der Waals surface area contributed by atoms with Crippen molar-refractivity contribution in [3.8, 4) is 23.3 Å². The van der Waals surface area contributed by atoms with Crippen molar-refractivity contribution in [2.24, 2.45) is 0 Å². The van der Waals surface area contributed by atoms with Crippen molar-refractivity contribution in [1.82, 2.24) is 29.5 Å². The third-order valence-corrected chi connectivity index (χ3v) is 4.49. The minimum Gasteiger partial charge on any atom is -0.497 e. The van der Waals surface area contributed by atoms with E-state index in [1.165, 1.54) is 0 Å². The first-order chi connectivity index (χ1) is 18.7. The summed E-state index contributed by atoms with van der Waals surface area (Å²) in [6, 6.07) is 18.7. The summed E-state index contributed by atoms with van der Waals surface area (Å²) < 4.78 is 21.4. The summed E-state index contributed by atoms with van der Waals surface area (Å²) in [6.45, 7) is 0.719. The summed E-state index contributed by atoms with van der Waals surface area (Å²) >= 11 is 0. The molecule has 0 amide bonds. The van der Waals surface area contributed by atoms with Gasteiger partial charge in [0.2, 0.25) is 11.8 Å². The van der Waals surface area contributed by atoms with E-state index in [1.54, 1.807) is 90.1 Å². The van der Waals surface area contributed by atoms with Gasteiger partial charge in [-0.15, -0.1) is 0 Å². The number of nitrogens with zero attached hydrogens (tertiary/aromatic N) is 6. The minimum atomic E-state index is 0.626. The van der Waals surface area contributed by atoms with E-state index in [-0.39, 0.29) is 0 Å². The lowest BCUT2D eigenvalue weighted by molar-refractivity contribution is 0.398. The monoisotopic (exact) mass is 516 g/mol. The van der Waals surface area contributed by atoms with Crippen LogP contribution >= 0.6 is 0 Å². The van der Waals surface area contributed by atoms with E-state index in [2.05, 4.69) is 24.9 Å². The SMILES string of the molecule is COc1ccccn1.COc1cccnc1.COc1ccncc1.COc1cn(Cc2ccccn2)cn1. The molecule has 0 saturated heterocycles. The quantitative estimate of drug-likeness (QED) is 0.320. The maximum absolute atomic E-state index is 4.98. The lowest BCUT2D eigenvalue weighted by atomic mass is 10.3. The van der Waals surface area contributed by atoms with Crippen LogP contribution in [0.5, 0.6) is 23.3 Å². The van der Waals surface area contributed by atoms with Crippen LogP contribution in [0, 0.1) is 0 Å². The molecule has 0 fully saturated rings. The summed E-state index contributed by atoms with van der Waals surface area (Å²) in [5.41, 5.74) is 1.01. The Kier molecular flexibility index (Phi) is 14.1. The lowest BCUT2D eigenvalue weighted by Gasteiger charge is -1.99. The average Bonchev–Trinajstić information content (AvgIpc) is 3.47. The molecule has 38 heavy (non-hydrogen) atoms. The standard InChI is InChI=1S/C10H11N3O.3C6H7NO/c1-14-10-7-13(8-12-10)6-9-4-2-3-5-11-9;1-8-6-2-4-7-5-3-6;1-8-6-3-2-4-7-5-6;1-8-6-4-2-3-5-7-6/h2-5,7-8H,6H2,1H3;3*2-5H,1H3. The maximum atomic E-state index is 4.98. The molecule has 0 unspecified atom stereocenters. The normalized spacial score (nSPS) is 9.16. The fourth-order valence-electron chi connectivity index (χ4n) is 2.62. The van der Waals surface area contributed by atoms with Crippen LogP contribution in [0.1, 0.15) is 5.69 Å². The number of rotatable bonds is 6. The van der Waals surface area contributed by atoms with Gasteiger partial charge in [-0.25, -0.2) is 9.97 Å². The number of pyridine rings is 4. The molecular weight excluding hydrogens is 484 g/mol. The van der Waals surface area contributed by atoms with Crippen LogP contribution < -0.4 is 18.9 Å². The van der Waals surface area contributed by atoms with Crippen molar-refractivity contribution in [3.63, 3.8) is 0 Å². The Morgan fingerprint density at radius 3 is 1.74 bits per heavy atom. The molecular formula is C28H32N6O4. The van der Waals surface area contributed by atoms with Gasteiger partial charge in [-0.3, -0.25) is 15.0 Å². The van der Waals surface area contributed by atoms with E-state index >= 15 is 0 Å². The molecule has 0 bridgehead atoms. The molecule has 10 heteroatoms. The summed E-state index contributed by atoms with van der Waals surface area (Å²) in [5, 5.41) is 0. The molecule has 0 aliphatic rings. The third kappa shape index (κ3) is 12.1. The Morgan fingerprint density at radius 1 is 0.579 bits per heavy atom. The van der Waals surface area contributed by atoms with Crippen LogP contribution in [0.3, 0.4) is 0 Å². The molecule has 0 atom stereocenters. The summed E-state index contributed by atoms with van der Waals surface area (Å²) in [4.78, 5) is 19.8. The van der Waals surface area contributed by atoms with Gasteiger partial charge in [0.05, 0.1) is 59.4 Å². The largest absolute Gasteiger partial charge is 0.497 e. The van der Waals surface area contributed by atoms with E-state index in [0.29, 0.717) is 11.8 Å². The van der Waals surface area contributed by atoms with Crippen LogP contribution in [0.15, 0.2) is 110 Å². The van der Waals surface area contributed by atoms with E-state index < -0.39 is 0 Å². The van der Waals surface area contributed by atoms with Crippen LogP contribution in [0.25, 0.3) is 0 Å². The maximum Gasteiger partial charge on any atom is 0.231 e. The smallest absolute Gasteiger partial charge is 0.231 e. The van der Waals surface area contributed by atoms with E-state index in [1.807, 2.05) is 53.2 Å². The average molecular weight is 517 g/mol. The zero-order chi connectivity index (χ0) is 27.3. The first kappa shape index (κ1) is 29.2. The number of methoxy groups -OCH3 is 4. The molecule has 0 aliphatic heterocycles. The summed E-state index contributed by atoms with van der Waals surface area (Å²) in [7, 11) is 6.46. The topological polar surface area (TPSA) is 106 Å². The minimum absolute atomic E-state index is 0.626. The highest BCUT2D eigenvalue weighted by Crippen LogP contribution is 2.07. The molecule has 0 radical (unpaired) electrons. The van der Waals surface area contributed by atoms with Crippen molar-refractivity contribution in [3.05, 3.63) is 116 Å². The van der Waals surface area contributed by atoms with Crippen LogP contribution in [0.4, 0.5) is 0 Å².